The molecule has 0 spiro atoms. The number of hydrogen-bond acceptors (Lipinski definition) is 12. The Balaban J connectivity index is 1.98. The molecule has 0 aliphatic carbocycles. The van der Waals surface area contributed by atoms with Gasteiger partial charge in [-0.15, -0.1) is 9.32 Å². The van der Waals surface area contributed by atoms with Crippen LogP contribution >= 0.6 is 12.3 Å². The number of hydrogen-bond donors (Lipinski definition) is 2. The van der Waals surface area contributed by atoms with E-state index in [-0.39, 0.29) is 17.9 Å². The van der Waals surface area contributed by atoms with E-state index in [2.05, 4.69) is 13.5 Å². The highest BCUT2D eigenvalue weighted by Gasteiger charge is 2.12. The topological polar surface area (TPSA) is 176 Å². The standard InChI is InChI=1S/C21H22N2O10S2/c1-28-20-11-14(5-9-18(20)30-34-33-32-22)3-7-16(24)13-17(25)8-4-15-6-10-19(21(12-15)29-2)31-35(23,26)27/h3-12H,13,22H2,1-2H3,(H2,23,26,27). The lowest BCUT2D eigenvalue weighted by atomic mass is 10.1. The Morgan fingerprint density at radius 3 is 1.89 bits per heavy atom. The van der Waals surface area contributed by atoms with E-state index in [9.17, 15) is 18.0 Å². The number of ether oxygens (including phenoxy) is 2. The van der Waals surface area contributed by atoms with Crippen LogP contribution in [0.15, 0.2) is 48.6 Å². The summed E-state index contributed by atoms with van der Waals surface area (Å²) in [6.07, 6.45) is 5.10. The molecule has 0 radical (unpaired) electrons. The average molecular weight is 527 g/mol. The molecule has 2 aromatic rings. The van der Waals surface area contributed by atoms with Gasteiger partial charge in [0.15, 0.2) is 34.6 Å². The zero-order chi connectivity index (χ0) is 25.8. The van der Waals surface area contributed by atoms with Crippen LogP contribution in [0.5, 0.6) is 23.0 Å². The van der Waals surface area contributed by atoms with Crippen LogP contribution in [-0.4, -0.2) is 34.2 Å². The lowest BCUT2D eigenvalue weighted by molar-refractivity contribution is -0.199. The predicted molar refractivity (Wildman–Crippen MR) is 127 cm³/mol. The molecule has 0 unspecified atom stereocenters. The first kappa shape index (κ1) is 27.8. The number of rotatable bonds is 14. The summed E-state index contributed by atoms with van der Waals surface area (Å²) in [5, 5.41) is 4.85. The van der Waals surface area contributed by atoms with Crippen LogP contribution in [0, 0.1) is 0 Å². The minimum atomic E-state index is -4.22. The van der Waals surface area contributed by atoms with Crippen molar-refractivity contribution < 1.29 is 45.2 Å². The fourth-order valence-electron chi connectivity index (χ4n) is 2.57. The van der Waals surface area contributed by atoms with Crippen LogP contribution in [0.2, 0.25) is 0 Å². The second-order valence-electron chi connectivity index (χ2n) is 6.49. The van der Waals surface area contributed by atoms with Crippen LogP contribution < -0.4 is 28.9 Å². The Kier molecular flexibility index (Phi) is 10.7. The van der Waals surface area contributed by atoms with E-state index >= 15 is 0 Å². The molecule has 14 heteroatoms. The van der Waals surface area contributed by atoms with Gasteiger partial charge >= 0.3 is 10.3 Å². The number of carbonyl (C=O) groups is 2. The summed E-state index contributed by atoms with van der Waals surface area (Å²) >= 11 is 0.489. The monoisotopic (exact) mass is 526 g/mol. The van der Waals surface area contributed by atoms with Crippen molar-refractivity contribution in [2.45, 2.75) is 6.42 Å². The van der Waals surface area contributed by atoms with Gasteiger partial charge < -0.3 is 17.8 Å². The smallest absolute Gasteiger partial charge is 0.380 e. The number of ketones is 2. The SMILES string of the molecule is COc1cc(C=CC(=O)CC(=O)C=Cc2ccc(OS(N)(=O)=O)c(OC)c2)ccc1OSOON. The van der Waals surface area contributed by atoms with Crippen molar-refractivity contribution in [1.82, 2.24) is 0 Å². The molecule has 12 nitrogen and oxygen atoms in total. The third-order valence-electron chi connectivity index (χ3n) is 4.04. The Morgan fingerprint density at radius 1 is 0.886 bits per heavy atom. The highest BCUT2D eigenvalue weighted by molar-refractivity contribution is 7.90. The molecule has 0 atom stereocenters. The van der Waals surface area contributed by atoms with Crippen molar-refractivity contribution in [3.8, 4) is 23.0 Å². The Labute approximate surface area is 205 Å². The van der Waals surface area contributed by atoms with Gasteiger partial charge in [-0.25, -0.2) is 0 Å². The predicted octanol–water partition coefficient (Wildman–Crippen LogP) is 2.30. The van der Waals surface area contributed by atoms with Gasteiger partial charge in [0.2, 0.25) is 0 Å². The van der Waals surface area contributed by atoms with Gasteiger partial charge in [0.25, 0.3) is 12.3 Å². The van der Waals surface area contributed by atoms with Crippen LogP contribution in [0.3, 0.4) is 0 Å². The van der Waals surface area contributed by atoms with Crippen LogP contribution in [0.25, 0.3) is 12.2 Å². The molecule has 2 rings (SSSR count). The lowest BCUT2D eigenvalue weighted by Gasteiger charge is -2.08. The third kappa shape index (κ3) is 9.78. The van der Waals surface area contributed by atoms with Gasteiger partial charge in [-0.05, 0) is 47.5 Å². The average Bonchev–Trinajstić information content (AvgIpc) is 2.81. The van der Waals surface area contributed by atoms with Crippen molar-refractivity contribution in [1.29, 1.82) is 0 Å². The van der Waals surface area contributed by atoms with Gasteiger partial charge in [0.05, 0.1) is 20.6 Å². The molecule has 0 saturated heterocycles. The molecule has 35 heavy (non-hydrogen) atoms. The summed E-state index contributed by atoms with van der Waals surface area (Å²) < 4.78 is 46.6. The van der Waals surface area contributed by atoms with Gasteiger partial charge in [-0.3, -0.25) is 9.59 Å². The first-order valence-corrected chi connectivity index (χ1v) is 11.7. The molecule has 2 aromatic carbocycles. The number of nitrogens with two attached hydrogens (primary N) is 2. The molecule has 0 aliphatic heterocycles. The van der Waals surface area contributed by atoms with E-state index < -0.39 is 21.9 Å². The number of methoxy groups -OCH3 is 2. The van der Waals surface area contributed by atoms with Crippen LogP contribution in [0.4, 0.5) is 0 Å². The molecule has 4 N–H and O–H groups in total. The zero-order valence-electron chi connectivity index (χ0n) is 18.5. The summed E-state index contributed by atoms with van der Waals surface area (Å²) in [6, 6.07) is 9.11. The van der Waals surface area contributed by atoms with E-state index in [1.165, 1.54) is 56.7 Å². The molecule has 0 aliphatic rings. The number of allylic oxidation sites excluding steroid dienone is 2. The third-order valence-corrected chi connectivity index (χ3v) is 4.84. The van der Waals surface area contributed by atoms with E-state index in [0.29, 0.717) is 34.9 Å². The maximum Gasteiger partial charge on any atom is 0.380 e. The van der Waals surface area contributed by atoms with Gasteiger partial charge in [0.1, 0.15) is 0 Å². The molecule has 188 valence electrons. The van der Waals surface area contributed by atoms with Crippen molar-refractivity contribution in [3.05, 3.63) is 59.7 Å². The summed E-state index contributed by atoms with van der Waals surface area (Å²) in [5.41, 5.74) is 1.14. The summed E-state index contributed by atoms with van der Waals surface area (Å²) in [5.74, 6) is 4.55. The largest absolute Gasteiger partial charge is 0.493 e. The molecular weight excluding hydrogens is 504 g/mol. The van der Waals surface area contributed by atoms with Gasteiger partial charge in [-0.2, -0.15) is 19.5 Å². The summed E-state index contributed by atoms with van der Waals surface area (Å²) in [7, 11) is -1.47. The maximum absolute atomic E-state index is 12.2. The van der Waals surface area contributed by atoms with E-state index in [4.69, 9.17) is 24.7 Å². The zero-order valence-corrected chi connectivity index (χ0v) is 20.2. The fourth-order valence-corrected chi connectivity index (χ4v) is 3.23. The summed E-state index contributed by atoms with van der Waals surface area (Å²) in [4.78, 5) is 28.2. The normalized spacial score (nSPS) is 11.5. The molecule has 0 fully saturated rings. The Morgan fingerprint density at radius 2 is 1.40 bits per heavy atom. The first-order valence-electron chi connectivity index (χ1n) is 9.52. The second kappa shape index (κ2) is 13.5. The van der Waals surface area contributed by atoms with E-state index in [1.54, 1.807) is 18.2 Å². The number of carbonyl (C=O) groups excluding carboxylic acids is 2. The lowest BCUT2D eigenvalue weighted by Crippen LogP contribution is -2.19. The quantitative estimate of drug-likeness (QED) is 0.0918. The summed E-state index contributed by atoms with van der Waals surface area (Å²) in [6.45, 7) is 0. The van der Waals surface area contributed by atoms with Gasteiger partial charge in [-0.1, -0.05) is 24.3 Å². The van der Waals surface area contributed by atoms with Crippen molar-refractivity contribution in [2.75, 3.05) is 14.2 Å². The van der Waals surface area contributed by atoms with Crippen molar-refractivity contribution >= 4 is 46.3 Å². The minimum Gasteiger partial charge on any atom is -0.493 e. The Hall–Kier alpha value is -3.40. The molecule has 0 heterocycles. The maximum atomic E-state index is 12.2. The van der Waals surface area contributed by atoms with E-state index in [0.717, 1.165) is 0 Å². The van der Waals surface area contributed by atoms with Gasteiger partial charge in [0, 0.05) is 0 Å². The molecule has 0 bridgehead atoms. The minimum absolute atomic E-state index is 0.0957. The molecule has 0 aromatic heterocycles. The fraction of sp³-hybridized carbons (Fsp3) is 0.143. The first-order chi connectivity index (χ1) is 16.6. The van der Waals surface area contributed by atoms with Crippen LogP contribution in [0.1, 0.15) is 17.5 Å². The molecular formula is C21H22N2O10S2. The van der Waals surface area contributed by atoms with Crippen molar-refractivity contribution in [2.24, 2.45) is 11.0 Å². The number of benzene rings is 2. The highest BCUT2D eigenvalue weighted by atomic mass is 32.2. The Bertz CT molecular complexity index is 1210. The van der Waals surface area contributed by atoms with Crippen LogP contribution in [-0.2, 0) is 29.2 Å². The second-order valence-corrected chi connectivity index (χ2v) is 8.08. The van der Waals surface area contributed by atoms with E-state index in [1.807, 2.05) is 0 Å². The van der Waals surface area contributed by atoms with Crippen molar-refractivity contribution in [3.63, 3.8) is 0 Å². The highest BCUT2D eigenvalue weighted by Crippen LogP contribution is 2.31. The molecule has 0 amide bonds. The molecule has 0 saturated carbocycles.